The van der Waals surface area contributed by atoms with Crippen LogP contribution in [-0.2, 0) is 4.79 Å². The molecule has 5 rings (SSSR count). The van der Waals surface area contributed by atoms with Gasteiger partial charge in [-0.05, 0) is 102 Å². The largest absolute Gasteiger partial charge is 0.393 e. The Morgan fingerprint density at radius 3 is 2.54 bits per heavy atom. The number of aliphatic hydroxyl groups excluding tert-OH is 3. The molecule has 0 aromatic carbocycles. The van der Waals surface area contributed by atoms with Crippen molar-refractivity contribution in [2.45, 2.75) is 104 Å². The van der Waals surface area contributed by atoms with Gasteiger partial charge in [0, 0.05) is 5.92 Å². The van der Waals surface area contributed by atoms with E-state index in [0.717, 1.165) is 51.4 Å². The predicted molar refractivity (Wildman–Crippen MR) is 139 cm³/mol. The molecule has 0 bridgehead atoms. The number of H-pyrrole nitrogens is 1. The number of hydrogen-bond donors (Lipinski definition) is 5. The minimum Gasteiger partial charge on any atom is -0.393 e. The number of carbonyl (C=O) groups is 1. The van der Waals surface area contributed by atoms with Crippen molar-refractivity contribution < 1.29 is 20.1 Å². The second-order valence-electron chi connectivity index (χ2n) is 13.5. The summed E-state index contributed by atoms with van der Waals surface area (Å²) < 4.78 is 0. The molecule has 4 aliphatic carbocycles. The quantitative estimate of drug-likeness (QED) is 0.389. The number of hydrogen-bond acceptors (Lipinski definition) is 7. The molecular weight excluding hydrogens is 470 g/mol. The molecule has 0 aliphatic heterocycles. The first-order chi connectivity index (χ1) is 17.5. The van der Waals surface area contributed by atoms with E-state index in [1.165, 1.54) is 0 Å². The highest BCUT2D eigenvalue weighted by molar-refractivity contribution is 5.90. The van der Waals surface area contributed by atoms with Gasteiger partial charge in [0.2, 0.25) is 5.91 Å². The van der Waals surface area contributed by atoms with E-state index in [1.807, 2.05) is 6.92 Å². The number of aliphatic hydroxyl groups is 3. The summed E-state index contributed by atoms with van der Waals surface area (Å²) in [6.45, 7) is 11.0. The second-order valence-corrected chi connectivity index (χ2v) is 13.5. The molecular formula is C28H47N5O4. The van der Waals surface area contributed by atoms with Crippen LogP contribution in [0.15, 0.2) is 0 Å². The lowest BCUT2D eigenvalue weighted by atomic mass is 9.41. The van der Waals surface area contributed by atoms with E-state index in [4.69, 9.17) is 0 Å². The monoisotopic (exact) mass is 517 g/mol. The Hall–Kier alpha value is -1.58. The molecule has 0 spiro atoms. The van der Waals surface area contributed by atoms with Crippen LogP contribution in [0.25, 0.3) is 0 Å². The van der Waals surface area contributed by atoms with Gasteiger partial charge in [-0.1, -0.05) is 46.1 Å². The normalized spacial score (nSPS) is 46.9. The van der Waals surface area contributed by atoms with Crippen molar-refractivity contribution in [3.8, 4) is 0 Å². The summed E-state index contributed by atoms with van der Waals surface area (Å²) >= 11 is 0. The second kappa shape index (κ2) is 9.87. The lowest BCUT2D eigenvalue weighted by Crippen LogP contribution is -2.65. The van der Waals surface area contributed by atoms with Gasteiger partial charge in [-0.15, -0.1) is 5.10 Å². The number of rotatable bonds is 6. The van der Waals surface area contributed by atoms with Crippen molar-refractivity contribution in [3.05, 3.63) is 0 Å². The first kappa shape index (κ1) is 27.0. The summed E-state index contributed by atoms with van der Waals surface area (Å²) in [5.74, 6) is 1.64. The Labute approximate surface area is 220 Å². The van der Waals surface area contributed by atoms with E-state index < -0.39 is 6.10 Å². The van der Waals surface area contributed by atoms with E-state index in [0.29, 0.717) is 11.8 Å². The molecule has 0 radical (unpaired) electrons. The fourth-order valence-electron chi connectivity index (χ4n) is 10.2. The number of amides is 1. The van der Waals surface area contributed by atoms with Crippen LogP contribution < -0.4 is 5.32 Å². The molecule has 4 saturated carbocycles. The van der Waals surface area contributed by atoms with E-state index in [-0.39, 0.29) is 70.4 Å². The zero-order valence-corrected chi connectivity index (χ0v) is 23.1. The zero-order chi connectivity index (χ0) is 26.7. The summed E-state index contributed by atoms with van der Waals surface area (Å²) in [7, 11) is 0. The highest BCUT2D eigenvalue weighted by atomic mass is 16.3. The van der Waals surface area contributed by atoms with Crippen molar-refractivity contribution in [1.29, 1.82) is 0 Å². The van der Waals surface area contributed by atoms with Gasteiger partial charge in [0.05, 0.1) is 18.3 Å². The van der Waals surface area contributed by atoms with Crippen LogP contribution in [0, 0.1) is 58.2 Å². The third-order valence-electron chi connectivity index (χ3n) is 12.0. The maximum absolute atomic E-state index is 12.7. The number of aromatic amines is 1. The Morgan fingerprint density at radius 1 is 1.11 bits per heavy atom. The van der Waals surface area contributed by atoms with E-state index in [1.54, 1.807) is 0 Å². The maximum atomic E-state index is 12.7. The SMILES string of the molecule is CC[C@H]1C(O)C2C3CCC([C@H](C)C[C@H](C)C(=O)Nc4nn[nH]n4)[C@@]3(C)[C@@H](O)CC2[C@@]2(C)CC[C@@H](O)C[C@@H]12. The molecule has 4 aliphatic rings. The molecule has 13 atom stereocenters. The van der Waals surface area contributed by atoms with Gasteiger partial charge in [-0.25, -0.2) is 0 Å². The maximum Gasteiger partial charge on any atom is 0.269 e. The van der Waals surface area contributed by atoms with Crippen LogP contribution in [0.5, 0.6) is 0 Å². The molecule has 5 unspecified atom stereocenters. The molecule has 4 fully saturated rings. The van der Waals surface area contributed by atoms with Gasteiger partial charge in [0.15, 0.2) is 0 Å². The van der Waals surface area contributed by atoms with Crippen molar-refractivity contribution in [2.75, 3.05) is 5.32 Å². The molecule has 1 aromatic rings. The molecule has 9 nitrogen and oxygen atoms in total. The standard InChI is InChI=1S/C28H47N5O4/c1-6-17-20-12-16(34)9-10-27(20,4)21-13-22(35)28(5)18(7-8-19(28)23(21)24(17)36)14(2)11-15(3)25(37)29-26-30-32-33-31-26/h14-24,34-36H,6-13H2,1-5H3,(H2,29,30,31,32,33,37)/t14-,15+,16-,17-,18?,19?,20+,21?,22+,23?,24?,27+,28-/m1/s1. The Balaban J connectivity index is 1.36. The Bertz CT molecular complexity index is 960. The first-order valence-electron chi connectivity index (χ1n) is 14.6. The first-order valence-corrected chi connectivity index (χ1v) is 14.6. The number of nitrogens with one attached hydrogen (secondary N) is 2. The summed E-state index contributed by atoms with van der Waals surface area (Å²) in [6, 6.07) is 0. The predicted octanol–water partition coefficient (Wildman–Crippen LogP) is 3.40. The lowest BCUT2D eigenvalue weighted by molar-refractivity contribution is -0.228. The number of carbonyl (C=O) groups excluding carboxylic acids is 1. The lowest BCUT2D eigenvalue weighted by Gasteiger charge is -2.65. The highest BCUT2D eigenvalue weighted by Crippen LogP contribution is 2.69. The summed E-state index contributed by atoms with van der Waals surface area (Å²) in [5.41, 5.74) is -0.224. The molecule has 37 heavy (non-hydrogen) atoms. The van der Waals surface area contributed by atoms with Gasteiger partial charge in [0.1, 0.15) is 0 Å². The van der Waals surface area contributed by atoms with E-state index in [2.05, 4.69) is 53.6 Å². The van der Waals surface area contributed by atoms with Gasteiger partial charge in [-0.3, -0.25) is 10.1 Å². The fourth-order valence-corrected chi connectivity index (χ4v) is 10.2. The molecule has 0 saturated heterocycles. The van der Waals surface area contributed by atoms with Gasteiger partial charge >= 0.3 is 0 Å². The van der Waals surface area contributed by atoms with Crippen LogP contribution in [-0.4, -0.2) is 60.2 Å². The summed E-state index contributed by atoms with van der Waals surface area (Å²) in [5, 5.41) is 50.4. The molecule has 1 amide bonds. The van der Waals surface area contributed by atoms with Crippen molar-refractivity contribution in [2.24, 2.45) is 58.2 Å². The molecule has 9 heteroatoms. The number of fused-ring (bicyclic) bond motifs is 5. The fraction of sp³-hybridized carbons (Fsp3) is 0.929. The number of anilines is 1. The average Bonchev–Trinajstić information content (AvgIpc) is 3.49. The average molecular weight is 518 g/mol. The van der Waals surface area contributed by atoms with Crippen LogP contribution in [0.2, 0.25) is 0 Å². The van der Waals surface area contributed by atoms with Gasteiger partial charge in [-0.2, -0.15) is 5.21 Å². The van der Waals surface area contributed by atoms with Gasteiger partial charge < -0.3 is 15.3 Å². The topological polar surface area (TPSA) is 144 Å². The highest BCUT2D eigenvalue weighted by Gasteiger charge is 2.67. The van der Waals surface area contributed by atoms with Crippen LogP contribution in [0.3, 0.4) is 0 Å². The van der Waals surface area contributed by atoms with Crippen molar-refractivity contribution >= 4 is 11.9 Å². The third kappa shape index (κ3) is 4.24. The molecule has 1 aromatic heterocycles. The summed E-state index contributed by atoms with van der Waals surface area (Å²) in [4.78, 5) is 12.7. The number of tetrazole rings is 1. The minimum atomic E-state index is -0.424. The van der Waals surface area contributed by atoms with E-state index >= 15 is 0 Å². The van der Waals surface area contributed by atoms with Gasteiger partial charge in [0.25, 0.3) is 5.95 Å². The Morgan fingerprint density at radius 2 is 1.86 bits per heavy atom. The Kier molecular flexibility index (Phi) is 7.20. The molecule has 208 valence electrons. The molecule has 5 N–H and O–H groups in total. The third-order valence-corrected chi connectivity index (χ3v) is 12.0. The van der Waals surface area contributed by atoms with Crippen LogP contribution in [0.4, 0.5) is 5.95 Å². The molecule has 1 heterocycles. The smallest absolute Gasteiger partial charge is 0.269 e. The summed E-state index contributed by atoms with van der Waals surface area (Å²) in [6.07, 6.45) is 5.90. The number of nitrogens with zero attached hydrogens (tertiary/aromatic N) is 3. The van der Waals surface area contributed by atoms with Crippen LogP contribution >= 0.6 is 0 Å². The van der Waals surface area contributed by atoms with Crippen molar-refractivity contribution in [1.82, 2.24) is 20.6 Å². The zero-order valence-electron chi connectivity index (χ0n) is 23.1. The van der Waals surface area contributed by atoms with Crippen LogP contribution in [0.1, 0.15) is 86.0 Å². The van der Waals surface area contributed by atoms with E-state index in [9.17, 15) is 20.1 Å². The van der Waals surface area contributed by atoms with Crippen molar-refractivity contribution in [3.63, 3.8) is 0 Å². The number of aromatic nitrogens is 4. The minimum absolute atomic E-state index is 0.0531.